The Hall–Kier alpha value is -2.61. The monoisotopic (exact) mass is 262 g/mol. The molecule has 0 unspecified atom stereocenters. The van der Waals surface area contributed by atoms with Gasteiger partial charge in [0.15, 0.2) is 5.78 Å². The molecule has 0 aliphatic carbocycles. The molecule has 2 aromatic carbocycles. The lowest BCUT2D eigenvalue weighted by atomic mass is 10.0. The van der Waals surface area contributed by atoms with E-state index >= 15 is 0 Å². The molecule has 0 saturated heterocycles. The fourth-order valence-electron chi connectivity index (χ4n) is 2.15. The van der Waals surface area contributed by atoms with E-state index < -0.39 is 0 Å². The maximum absolute atomic E-state index is 12.1. The Morgan fingerprint density at radius 1 is 1.00 bits per heavy atom. The van der Waals surface area contributed by atoms with Crippen molar-refractivity contribution in [1.29, 1.82) is 0 Å². The van der Waals surface area contributed by atoms with Crippen molar-refractivity contribution in [2.75, 3.05) is 0 Å². The van der Waals surface area contributed by atoms with Crippen LogP contribution in [0.5, 0.6) is 0 Å². The summed E-state index contributed by atoms with van der Waals surface area (Å²) in [6, 6.07) is 17.5. The summed E-state index contributed by atoms with van der Waals surface area (Å²) in [6.45, 7) is 0. The van der Waals surface area contributed by atoms with Crippen molar-refractivity contribution in [3.8, 4) is 0 Å². The van der Waals surface area contributed by atoms with E-state index in [1.807, 2.05) is 60.7 Å². The van der Waals surface area contributed by atoms with Crippen molar-refractivity contribution in [2.24, 2.45) is 0 Å². The number of benzene rings is 2. The van der Waals surface area contributed by atoms with Gasteiger partial charge in [-0.15, -0.1) is 0 Å². The summed E-state index contributed by atoms with van der Waals surface area (Å²) in [5.74, 6) is 0.870. The van der Waals surface area contributed by atoms with Gasteiger partial charge in [0.2, 0.25) is 0 Å². The number of rotatable bonds is 4. The molecule has 0 fully saturated rings. The van der Waals surface area contributed by atoms with E-state index in [2.05, 4.69) is 0 Å². The van der Waals surface area contributed by atoms with Crippen LogP contribution in [0.15, 0.2) is 77.4 Å². The molecular weight excluding hydrogens is 248 g/mol. The predicted octanol–water partition coefficient (Wildman–Crippen LogP) is 4.41. The molecule has 0 atom stereocenters. The van der Waals surface area contributed by atoms with Crippen molar-refractivity contribution in [3.05, 3.63) is 84.3 Å². The maximum Gasteiger partial charge on any atom is 0.185 e. The number of carbonyl (C=O) groups is 1. The molecule has 1 aromatic heterocycles. The third-order valence-corrected chi connectivity index (χ3v) is 3.20. The molecule has 1 heterocycles. The highest BCUT2D eigenvalue weighted by atomic mass is 16.3. The van der Waals surface area contributed by atoms with Crippen molar-refractivity contribution in [3.63, 3.8) is 0 Å². The number of hydrogen-bond donors (Lipinski definition) is 0. The van der Waals surface area contributed by atoms with E-state index in [4.69, 9.17) is 4.42 Å². The second-order valence-corrected chi connectivity index (χ2v) is 4.61. The standard InChI is InChI=1S/C18H14O2/c19-18(9-3-7-17-8-4-12-20-17)16-11-10-14-5-1-2-6-15(14)13-16/h1-6,8-13H,7H2. The smallest absolute Gasteiger partial charge is 0.185 e. The minimum atomic E-state index is 0.0160. The average Bonchev–Trinajstić information content (AvgIpc) is 3.00. The van der Waals surface area contributed by atoms with Crippen LogP contribution in [-0.4, -0.2) is 5.78 Å². The first kappa shape index (κ1) is 12.4. The molecule has 0 amide bonds. The van der Waals surface area contributed by atoms with Crippen LogP contribution in [0.1, 0.15) is 16.1 Å². The van der Waals surface area contributed by atoms with Gasteiger partial charge >= 0.3 is 0 Å². The van der Waals surface area contributed by atoms with Gasteiger partial charge in [-0.3, -0.25) is 4.79 Å². The highest BCUT2D eigenvalue weighted by Gasteiger charge is 2.02. The van der Waals surface area contributed by atoms with Gasteiger partial charge in [-0.25, -0.2) is 0 Å². The van der Waals surface area contributed by atoms with Gasteiger partial charge < -0.3 is 4.42 Å². The van der Waals surface area contributed by atoms with Crippen LogP contribution in [0, 0.1) is 0 Å². The summed E-state index contributed by atoms with van der Waals surface area (Å²) in [7, 11) is 0. The fraction of sp³-hybridized carbons (Fsp3) is 0.0556. The van der Waals surface area contributed by atoms with E-state index in [-0.39, 0.29) is 5.78 Å². The minimum absolute atomic E-state index is 0.0160. The second kappa shape index (κ2) is 5.57. The van der Waals surface area contributed by atoms with E-state index in [1.54, 1.807) is 12.3 Å². The fourth-order valence-corrected chi connectivity index (χ4v) is 2.15. The molecule has 0 radical (unpaired) electrons. The summed E-state index contributed by atoms with van der Waals surface area (Å²) in [5, 5.41) is 2.22. The van der Waals surface area contributed by atoms with E-state index in [0.717, 1.165) is 16.5 Å². The normalized spacial score (nSPS) is 11.2. The van der Waals surface area contributed by atoms with E-state index in [9.17, 15) is 4.79 Å². The molecule has 0 spiro atoms. The summed E-state index contributed by atoms with van der Waals surface area (Å²) >= 11 is 0. The quantitative estimate of drug-likeness (QED) is 0.515. The van der Waals surface area contributed by atoms with Gasteiger partial charge in [0, 0.05) is 12.0 Å². The highest BCUT2D eigenvalue weighted by Crippen LogP contribution is 2.16. The van der Waals surface area contributed by atoms with Gasteiger partial charge in [0.1, 0.15) is 5.76 Å². The lowest BCUT2D eigenvalue weighted by Crippen LogP contribution is -1.94. The molecule has 0 aliphatic rings. The van der Waals surface area contributed by atoms with Crippen molar-refractivity contribution in [2.45, 2.75) is 6.42 Å². The zero-order chi connectivity index (χ0) is 13.8. The molecule has 3 aromatic rings. The van der Waals surface area contributed by atoms with Crippen LogP contribution >= 0.6 is 0 Å². The Morgan fingerprint density at radius 2 is 1.85 bits per heavy atom. The Kier molecular flexibility index (Phi) is 3.46. The first-order chi connectivity index (χ1) is 9.83. The van der Waals surface area contributed by atoms with Crippen LogP contribution in [0.3, 0.4) is 0 Å². The zero-order valence-corrected chi connectivity index (χ0v) is 11.0. The van der Waals surface area contributed by atoms with Crippen LogP contribution in [0.4, 0.5) is 0 Å². The maximum atomic E-state index is 12.1. The first-order valence-electron chi connectivity index (χ1n) is 6.55. The molecule has 0 bridgehead atoms. The molecular formula is C18H14O2. The Bertz CT molecular complexity index is 752. The minimum Gasteiger partial charge on any atom is -0.469 e. The number of allylic oxidation sites excluding steroid dienone is 2. The molecule has 3 rings (SSSR count). The Balaban J connectivity index is 1.76. The summed E-state index contributed by atoms with van der Waals surface area (Å²) in [6.07, 6.45) is 5.70. The van der Waals surface area contributed by atoms with Gasteiger partial charge in [-0.2, -0.15) is 0 Å². The van der Waals surface area contributed by atoms with Crippen LogP contribution in [0.25, 0.3) is 10.8 Å². The molecule has 2 nitrogen and oxygen atoms in total. The highest BCUT2D eigenvalue weighted by molar-refractivity contribution is 6.06. The number of furan rings is 1. The lowest BCUT2D eigenvalue weighted by Gasteiger charge is -2.00. The predicted molar refractivity (Wildman–Crippen MR) is 79.8 cm³/mol. The Labute approximate surface area is 117 Å². The number of carbonyl (C=O) groups excluding carboxylic acids is 1. The van der Waals surface area contributed by atoms with Gasteiger partial charge in [-0.05, 0) is 35.0 Å². The first-order valence-corrected chi connectivity index (χ1v) is 6.55. The van der Waals surface area contributed by atoms with Gasteiger partial charge in [0.25, 0.3) is 0 Å². The zero-order valence-electron chi connectivity index (χ0n) is 11.0. The van der Waals surface area contributed by atoms with Crippen molar-refractivity contribution < 1.29 is 9.21 Å². The Morgan fingerprint density at radius 3 is 2.65 bits per heavy atom. The SMILES string of the molecule is O=C(C=CCc1ccco1)c1ccc2ccccc2c1. The number of fused-ring (bicyclic) bond motifs is 1. The molecule has 2 heteroatoms. The van der Waals surface area contributed by atoms with Gasteiger partial charge in [0.05, 0.1) is 6.26 Å². The topological polar surface area (TPSA) is 30.2 Å². The van der Waals surface area contributed by atoms with Crippen molar-refractivity contribution >= 4 is 16.6 Å². The molecule has 98 valence electrons. The average molecular weight is 262 g/mol. The second-order valence-electron chi connectivity index (χ2n) is 4.61. The summed E-state index contributed by atoms with van der Waals surface area (Å²) < 4.78 is 5.22. The van der Waals surface area contributed by atoms with Crippen molar-refractivity contribution in [1.82, 2.24) is 0 Å². The van der Waals surface area contributed by atoms with E-state index in [1.165, 1.54) is 0 Å². The number of ketones is 1. The van der Waals surface area contributed by atoms with E-state index in [0.29, 0.717) is 12.0 Å². The third kappa shape index (κ3) is 2.69. The van der Waals surface area contributed by atoms with Gasteiger partial charge in [-0.1, -0.05) is 42.5 Å². The van der Waals surface area contributed by atoms with Crippen LogP contribution in [0.2, 0.25) is 0 Å². The molecule has 0 N–H and O–H groups in total. The lowest BCUT2D eigenvalue weighted by molar-refractivity contribution is 0.104. The third-order valence-electron chi connectivity index (χ3n) is 3.20. The molecule has 0 saturated carbocycles. The molecule has 0 aliphatic heterocycles. The largest absolute Gasteiger partial charge is 0.469 e. The van der Waals surface area contributed by atoms with Crippen LogP contribution < -0.4 is 0 Å². The summed E-state index contributed by atoms with van der Waals surface area (Å²) in [5.41, 5.74) is 0.708. The summed E-state index contributed by atoms with van der Waals surface area (Å²) in [4.78, 5) is 12.1. The number of hydrogen-bond acceptors (Lipinski definition) is 2. The van der Waals surface area contributed by atoms with Crippen LogP contribution in [-0.2, 0) is 6.42 Å². The molecule has 20 heavy (non-hydrogen) atoms.